The van der Waals surface area contributed by atoms with Gasteiger partial charge in [0.15, 0.2) is 0 Å². The van der Waals surface area contributed by atoms with Crippen LogP contribution in [0, 0.1) is 10.8 Å². The summed E-state index contributed by atoms with van der Waals surface area (Å²) >= 11 is 0. The van der Waals surface area contributed by atoms with Crippen molar-refractivity contribution in [2.45, 2.75) is 129 Å². The molecule has 2 heteroatoms. The Morgan fingerprint density at radius 2 is 1.04 bits per heavy atom. The van der Waals surface area contributed by atoms with Gasteiger partial charge < -0.3 is 9.47 Å². The smallest absolute Gasteiger partial charge is 0.0844 e. The molecule has 0 aliphatic heterocycles. The van der Waals surface area contributed by atoms with Crippen molar-refractivity contribution in [1.29, 1.82) is 0 Å². The second-order valence-corrected chi connectivity index (χ2v) is 11.6. The molecule has 1 fully saturated rings. The van der Waals surface area contributed by atoms with Crippen molar-refractivity contribution in [3.63, 3.8) is 0 Å². The van der Waals surface area contributed by atoms with Crippen LogP contribution in [0.25, 0.3) is 0 Å². The highest BCUT2D eigenvalue weighted by molar-refractivity contribution is 5.29. The van der Waals surface area contributed by atoms with Gasteiger partial charge in [-0.1, -0.05) is 50.0 Å². The molecule has 3 aliphatic rings. The van der Waals surface area contributed by atoms with Crippen LogP contribution in [-0.4, -0.2) is 23.4 Å². The van der Waals surface area contributed by atoms with Gasteiger partial charge in [-0.3, -0.25) is 0 Å². The van der Waals surface area contributed by atoms with E-state index >= 15 is 0 Å². The molecule has 0 amide bonds. The highest BCUT2D eigenvalue weighted by Crippen LogP contribution is 2.61. The average molecular weight is 389 g/mol. The molecule has 0 saturated heterocycles. The highest BCUT2D eigenvalue weighted by Gasteiger charge is 2.51. The van der Waals surface area contributed by atoms with Gasteiger partial charge >= 0.3 is 0 Å². The molecule has 28 heavy (non-hydrogen) atoms. The third-order valence-electron chi connectivity index (χ3n) is 6.98. The van der Waals surface area contributed by atoms with Crippen molar-refractivity contribution in [1.82, 2.24) is 0 Å². The summed E-state index contributed by atoms with van der Waals surface area (Å²) in [6.45, 7) is 13.1. The summed E-state index contributed by atoms with van der Waals surface area (Å²) in [7, 11) is 0. The summed E-state index contributed by atoms with van der Waals surface area (Å²) < 4.78 is 13.1. The number of hydrogen-bond donors (Lipinski definition) is 0. The summed E-state index contributed by atoms with van der Waals surface area (Å²) in [5.41, 5.74) is 0.568. The van der Waals surface area contributed by atoms with Crippen LogP contribution < -0.4 is 0 Å². The van der Waals surface area contributed by atoms with E-state index in [-0.39, 0.29) is 23.4 Å². The fraction of sp³-hybridized carbons (Fsp3) is 0.846. The molecule has 0 radical (unpaired) electrons. The molecule has 0 spiro atoms. The first-order chi connectivity index (χ1) is 13.0. The average Bonchev–Trinajstić information content (AvgIpc) is 3.05. The monoisotopic (exact) mass is 388 g/mol. The van der Waals surface area contributed by atoms with Crippen molar-refractivity contribution in [3.05, 3.63) is 24.3 Å². The Kier molecular flexibility index (Phi) is 6.52. The molecule has 0 bridgehead atoms. The molecule has 2 unspecified atom stereocenters. The number of allylic oxidation sites excluding steroid dienone is 4. The standard InChI is InChI=1S/C26H44O2/c1-23(2,3)27-21-13-7-9-15-25-17-11-19-26(25,20-12-18-25)16-10-8-14-22(21)28-24(4,5)6/h11-12,17,20-22H,7-10,13-16,18-19H2,1-6H3/t21-,22+,25?,26?. The number of hydrogen-bond acceptors (Lipinski definition) is 2. The summed E-state index contributed by atoms with van der Waals surface area (Å²) in [5.74, 6) is 0. The van der Waals surface area contributed by atoms with Gasteiger partial charge in [0.05, 0.1) is 23.4 Å². The van der Waals surface area contributed by atoms with Crippen molar-refractivity contribution >= 4 is 0 Å². The van der Waals surface area contributed by atoms with Crippen LogP contribution in [0.4, 0.5) is 0 Å². The number of ether oxygens (including phenoxy) is 2. The molecule has 160 valence electrons. The maximum absolute atomic E-state index is 6.56. The largest absolute Gasteiger partial charge is 0.370 e. The molecule has 3 aliphatic carbocycles. The molecule has 2 nitrogen and oxygen atoms in total. The van der Waals surface area contributed by atoms with Crippen molar-refractivity contribution in [2.24, 2.45) is 10.8 Å². The van der Waals surface area contributed by atoms with Gasteiger partial charge in [-0.2, -0.15) is 0 Å². The van der Waals surface area contributed by atoms with Crippen LogP contribution in [0.3, 0.4) is 0 Å². The molecule has 0 aromatic heterocycles. The third-order valence-corrected chi connectivity index (χ3v) is 6.98. The zero-order chi connectivity index (χ0) is 20.5. The van der Waals surface area contributed by atoms with Crippen LogP contribution >= 0.6 is 0 Å². The van der Waals surface area contributed by atoms with Crippen LogP contribution in [-0.2, 0) is 9.47 Å². The van der Waals surface area contributed by atoms with Gasteiger partial charge in [0.25, 0.3) is 0 Å². The Morgan fingerprint density at radius 3 is 1.39 bits per heavy atom. The minimum absolute atomic E-state index is 0.126. The second-order valence-electron chi connectivity index (χ2n) is 11.6. The Bertz CT molecular complexity index is 524. The first kappa shape index (κ1) is 22.1. The molecule has 1 saturated carbocycles. The van der Waals surface area contributed by atoms with Crippen LogP contribution in [0.15, 0.2) is 24.3 Å². The molecular formula is C26H44O2. The van der Waals surface area contributed by atoms with Crippen molar-refractivity contribution in [3.8, 4) is 0 Å². The lowest BCUT2D eigenvalue weighted by molar-refractivity contribution is -0.167. The Balaban J connectivity index is 1.75. The van der Waals surface area contributed by atoms with Crippen LogP contribution in [0.1, 0.15) is 106 Å². The summed E-state index contributed by atoms with van der Waals surface area (Å²) in [4.78, 5) is 0. The Morgan fingerprint density at radius 1 is 0.643 bits per heavy atom. The molecular weight excluding hydrogens is 344 g/mol. The minimum atomic E-state index is -0.126. The first-order valence-corrected chi connectivity index (χ1v) is 11.8. The van der Waals surface area contributed by atoms with E-state index in [2.05, 4.69) is 65.8 Å². The Hall–Kier alpha value is -0.600. The molecule has 3 rings (SSSR count). The maximum atomic E-state index is 6.56. The lowest BCUT2D eigenvalue weighted by atomic mass is 9.62. The van der Waals surface area contributed by atoms with E-state index in [0.29, 0.717) is 10.8 Å². The molecule has 0 heterocycles. The predicted molar refractivity (Wildman–Crippen MR) is 119 cm³/mol. The molecule has 0 aromatic rings. The second kappa shape index (κ2) is 8.26. The van der Waals surface area contributed by atoms with Gasteiger partial charge in [-0.05, 0) is 80.1 Å². The lowest BCUT2D eigenvalue weighted by Gasteiger charge is -2.42. The Labute approximate surface area is 174 Å². The molecule has 4 atom stereocenters. The third kappa shape index (κ3) is 5.11. The van der Waals surface area contributed by atoms with Gasteiger partial charge in [0.1, 0.15) is 0 Å². The minimum Gasteiger partial charge on any atom is -0.370 e. The summed E-state index contributed by atoms with van der Waals surface area (Å²) in [6.07, 6.45) is 22.9. The van der Waals surface area contributed by atoms with Crippen molar-refractivity contribution < 1.29 is 9.47 Å². The summed E-state index contributed by atoms with van der Waals surface area (Å²) in [5, 5.41) is 0. The van der Waals surface area contributed by atoms with Gasteiger partial charge in [0.2, 0.25) is 0 Å². The summed E-state index contributed by atoms with van der Waals surface area (Å²) in [6, 6.07) is 0. The zero-order valence-corrected chi connectivity index (χ0v) is 19.4. The fourth-order valence-electron chi connectivity index (χ4n) is 5.85. The topological polar surface area (TPSA) is 18.5 Å². The number of rotatable bonds is 2. The van der Waals surface area contributed by atoms with Crippen LogP contribution in [0.5, 0.6) is 0 Å². The lowest BCUT2D eigenvalue weighted by Crippen LogP contribution is -2.42. The van der Waals surface area contributed by atoms with Crippen molar-refractivity contribution in [2.75, 3.05) is 0 Å². The van der Waals surface area contributed by atoms with E-state index in [9.17, 15) is 0 Å². The SMILES string of the molecule is CC(C)(C)O[C@H]1CCCCC23C=CCC2(C=CC3)CCCC[C@H]1OC(C)(C)C. The van der Waals surface area contributed by atoms with E-state index in [4.69, 9.17) is 9.47 Å². The molecule has 0 aromatic carbocycles. The first-order valence-electron chi connectivity index (χ1n) is 11.8. The van der Waals surface area contributed by atoms with Gasteiger partial charge in [-0.25, -0.2) is 0 Å². The van der Waals surface area contributed by atoms with Gasteiger partial charge in [-0.15, -0.1) is 0 Å². The van der Waals surface area contributed by atoms with E-state index in [1.54, 1.807) is 0 Å². The van der Waals surface area contributed by atoms with E-state index in [1.165, 1.54) is 51.4 Å². The quantitative estimate of drug-likeness (QED) is 0.459. The zero-order valence-electron chi connectivity index (χ0n) is 19.4. The fourth-order valence-corrected chi connectivity index (χ4v) is 5.85. The highest BCUT2D eigenvalue weighted by atomic mass is 16.6. The van der Waals surface area contributed by atoms with Crippen LogP contribution in [0.2, 0.25) is 0 Å². The normalized spacial score (nSPS) is 37.2. The maximum Gasteiger partial charge on any atom is 0.0844 e. The van der Waals surface area contributed by atoms with E-state index in [1.807, 2.05) is 0 Å². The van der Waals surface area contributed by atoms with Gasteiger partial charge in [0, 0.05) is 10.8 Å². The van der Waals surface area contributed by atoms with E-state index in [0.717, 1.165) is 12.8 Å². The molecule has 0 N–H and O–H groups in total. The van der Waals surface area contributed by atoms with E-state index < -0.39 is 0 Å². The predicted octanol–water partition coefficient (Wildman–Crippen LogP) is 7.38.